The number of rotatable bonds is 7. The Kier molecular flexibility index (Phi) is 6.50. The normalized spacial score (nSPS) is 16.9. The molecule has 2 aromatic carbocycles. The zero-order valence-corrected chi connectivity index (χ0v) is 17.9. The quantitative estimate of drug-likeness (QED) is 0.552. The summed E-state index contributed by atoms with van der Waals surface area (Å²) in [6, 6.07) is 16.2. The fourth-order valence-corrected chi connectivity index (χ4v) is 5.22. The van der Waals surface area contributed by atoms with E-state index in [1.54, 1.807) is 11.3 Å². The summed E-state index contributed by atoms with van der Waals surface area (Å²) in [7, 11) is 2.14. The molecule has 29 heavy (non-hydrogen) atoms. The van der Waals surface area contributed by atoms with Crippen molar-refractivity contribution in [3.05, 3.63) is 59.1 Å². The summed E-state index contributed by atoms with van der Waals surface area (Å²) in [6.07, 6.45) is 1.96. The van der Waals surface area contributed by atoms with Crippen molar-refractivity contribution in [3.63, 3.8) is 0 Å². The van der Waals surface area contributed by atoms with E-state index >= 15 is 0 Å². The average molecular weight is 429 g/mol. The van der Waals surface area contributed by atoms with E-state index in [1.807, 2.05) is 36.4 Å². The lowest BCUT2D eigenvalue weighted by Crippen LogP contribution is -2.35. The van der Waals surface area contributed by atoms with Gasteiger partial charge in [-0.15, -0.1) is 23.1 Å². The molecule has 1 aliphatic rings. The number of piperidine rings is 1. The highest BCUT2D eigenvalue weighted by Gasteiger charge is 2.26. The number of benzene rings is 2. The predicted molar refractivity (Wildman–Crippen MR) is 118 cm³/mol. The maximum absolute atomic E-state index is 10.9. The van der Waals surface area contributed by atoms with Crippen molar-refractivity contribution in [2.45, 2.75) is 29.9 Å². The van der Waals surface area contributed by atoms with Crippen LogP contribution < -0.4 is 0 Å². The smallest absolute Gasteiger partial charge is 0.313 e. The van der Waals surface area contributed by atoms with E-state index in [9.17, 15) is 4.79 Å². The molecule has 1 aromatic heterocycles. The fraction of sp³-hybridized carbons (Fsp3) is 0.364. The molecule has 1 fully saturated rings. The first-order valence-electron chi connectivity index (χ1n) is 9.72. The van der Waals surface area contributed by atoms with E-state index in [0.717, 1.165) is 51.6 Å². The Hall–Kier alpha value is -1.93. The van der Waals surface area contributed by atoms with Gasteiger partial charge in [0, 0.05) is 18.0 Å². The number of ether oxygens (including phenoxy) is 1. The third kappa shape index (κ3) is 5.17. The van der Waals surface area contributed by atoms with Crippen LogP contribution in [0.4, 0.5) is 0 Å². The molecule has 0 bridgehead atoms. The Bertz CT molecular complexity index is 950. The Balaban J connectivity index is 1.64. The number of para-hydroxylation sites is 1. The van der Waals surface area contributed by atoms with Crippen LogP contribution >= 0.6 is 23.1 Å². The fourth-order valence-electron chi connectivity index (χ4n) is 3.51. The van der Waals surface area contributed by atoms with Crippen molar-refractivity contribution in [1.29, 1.82) is 0 Å². The molecule has 3 aromatic rings. The molecule has 0 amide bonds. The van der Waals surface area contributed by atoms with Gasteiger partial charge in [-0.25, -0.2) is 4.98 Å². The Morgan fingerprint density at radius 2 is 2.07 bits per heavy atom. The topological polar surface area (TPSA) is 62.7 Å². The zero-order valence-electron chi connectivity index (χ0n) is 16.3. The lowest BCUT2D eigenvalue weighted by atomic mass is 10.1. The first-order valence-corrected chi connectivity index (χ1v) is 11.5. The van der Waals surface area contributed by atoms with E-state index in [2.05, 4.69) is 24.1 Å². The number of likely N-dealkylation sites (tertiary alicyclic amines) is 1. The molecular formula is C22H24N2O3S2. The number of carboxylic acids is 1. The molecule has 2 heterocycles. The minimum absolute atomic E-state index is 0.0467. The van der Waals surface area contributed by atoms with Gasteiger partial charge >= 0.3 is 5.97 Å². The number of aliphatic carboxylic acids is 1. The number of hydrogen-bond donors (Lipinski definition) is 1. The van der Waals surface area contributed by atoms with Gasteiger partial charge in [-0.2, -0.15) is 0 Å². The maximum Gasteiger partial charge on any atom is 0.313 e. The van der Waals surface area contributed by atoms with Crippen molar-refractivity contribution in [1.82, 2.24) is 9.88 Å². The average Bonchev–Trinajstić information content (AvgIpc) is 3.16. The highest BCUT2D eigenvalue weighted by molar-refractivity contribution is 8.00. The molecule has 0 spiro atoms. The van der Waals surface area contributed by atoms with Crippen LogP contribution in [0.25, 0.3) is 10.2 Å². The largest absolute Gasteiger partial charge is 0.481 e. The number of aromatic nitrogens is 1. The Morgan fingerprint density at radius 1 is 1.28 bits per heavy atom. The molecule has 0 aliphatic carbocycles. The molecule has 0 radical (unpaired) electrons. The molecule has 1 N–H and O–H groups in total. The first kappa shape index (κ1) is 20.3. The monoisotopic (exact) mass is 428 g/mol. The van der Waals surface area contributed by atoms with Crippen molar-refractivity contribution in [3.8, 4) is 0 Å². The van der Waals surface area contributed by atoms with Crippen molar-refractivity contribution in [2.24, 2.45) is 0 Å². The van der Waals surface area contributed by atoms with Gasteiger partial charge in [0.05, 0.1) is 22.1 Å². The molecule has 1 aliphatic heterocycles. The number of hydrogen-bond acceptors (Lipinski definition) is 6. The van der Waals surface area contributed by atoms with Gasteiger partial charge in [0.25, 0.3) is 0 Å². The van der Waals surface area contributed by atoms with E-state index in [4.69, 9.17) is 14.8 Å². The summed E-state index contributed by atoms with van der Waals surface area (Å²) < 4.78 is 7.77. The molecule has 1 saturated heterocycles. The third-order valence-electron chi connectivity index (χ3n) is 5.05. The second-order valence-corrected chi connectivity index (χ2v) is 9.40. The molecule has 5 nitrogen and oxygen atoms in total. The van der Waals surface area contributed by atoms with Crippen LogP contribution in [-0.4, -0.2) is 53.0 Å². The SMILES string of the molecule is CN1CCC(OC(c2cccc(SCC(=O)O)c2)c2nc3ccccc3s2)CC1. The van der Waals surface area contributed by atoms with Gasteiger partial charge < -0.3 is 14.7 Å². The van der Waals surface area contributed by atoms with E-state index in [0.29, 0.717) is 0 Å². The van der Waals surface area contributed by atoms with Gasteiger partial charge in [0.2, 0.25) is 0 Å². The van der Waals surface area contributed by atoms with Crippen LogP contribution in [-0.2, 0) is 9.53 Å². The summed E-state index contributed by atoms with van der Waals surface area (Å²) >= 11 is 2.99. The van der Waals surface area contributed by atoms with Crippen molar-refractivity contribution < 1.29 is 14.6 Å². The van der Waals surface area contributed by atoms with Gasteiger partial charge in [0.15, 0.2) is 0 Å². The van der Waals surface area contributed by atoms with Crippen LogP contribution in [0.2, 0.25) is 0 Å². The van der Waals surface area contributed by atoms with E-state index in [1.165, 1.54) is 11.8 Å². The summed E-state index contributed by atoms with van der Waals surface area (Å²) in [6.45, 7) is 2.07. The highest BCUT2D eigenvalue weighted by Crippen LogP contribution is 2.36. The van der Waals surface area contributed by atoms with Crippen LogP contribution in [0.15, 0.2) is 53.4 Å². The maximum atomic E-state index is 10.9. The summed E-state index contributed by atoms with van der Waals surface area (Å²) in [5.41, 5.74) is 2.01. The molecule has 1 atom stereocenters. The molecule has 1 unspecified atom stereocenters. The van der Waals surface area contributed by atoms with Gasteiger partial charge in [-0.1, -0.05) is 24.3 Å². The summed E-state index contributed by atoms with van der Waals surface area (Å²) in [4.78, 5) is 19.1. The predicted octanol–water partition coefficient (Wildman–Crippen LogP) is 4.67. The minimum atomic E-state index is -0.814. The number of carbonyl (C=O) groups is 1. The van der Waals surface area contributed by atoms with Crippen LogP contribution in [0.1, 0.15) is 29.5 Å². The number of carboxylic acid groups (broad SMARTS) is 1. The molecule has 4 rings (SSSR count). The zero-order chi connectivity index (χ0) is 20.2. The Morgan fingerprint density at radius 3 is 2.83 bits per heavy atom. The number of thiazole rings is 1. The number of fused-ring (bicyclic) bond motifs is 1. The minimum Gasteiger partial charge on any atom is -0.481 e. The summed E-state index contributed by atoms with van der Waals surface area (Å²) in [5.74, 6) is -0.767. The lowest BCUT2D eigenvalue weighted by molar-refractivity contribution is -0.133. The van der Waals surface area contributed by atoms with Gasteiger partial charge in [-0.05, 0) is 49.7 Å². The molecular weight excluding hydrogens is 404 g/mol. The van der Waals surface area contributed by atoms with Gasteiger partial charge in [-0.3, -0.25) is 4.79 Å². The number of nitrogens with zero attached hydrogens (tertiary/aromatic N) is 2. The Labute approximate surface area is 178 Å². The van der Waals surface area contributed by atoms with E-state index in [-0.39, 0.29) is 18.0 Å². The standard InChI is InChI=1S/C22H24N2O3S2/c1-24-11-9-16(10-12-24)27-21(22-23-18-7-2-3-8-19(18)29-22)15-5-4-6-17(13-15)28-14-20(25)26/h2-8,13,16,21H,9-12,14H2,1H3,(H,25,26). The molecule has 7 heteroatoms. The second-order valence-electron chi connectivity index (χ2n) is 7.29. The van der Waals surface area contributed by atoms with E-state index < -0.39 is 5.97 Å². The second kappa shape index (κ2) is 9.26. The highest BCUT2D eigenvalue weighted by atomic mass is 32.2. The van der Waals surface area contributed by atoms with Gasteiger partial charge in [0.1, 0.15) is 11.1 Å². The van der Waals surface area contributed by atoms with Crippen LogP contribution in [0.5, 0.6) is 0 Å². The van der Waals surface area contributed by atoms with Crippen LogP contribution in [0.3, 0.4) is 0 Å². The van der Waals surface area contributed by atoms with Crippen LogP contribution in [0, 0.1) is 0 Å². The van der Waals surface area contributed by atoms with Crippen molar-refractivity contribution in [2.75, 3.05) is 25.9 Å². The third-order valence-corrected chi connectivity index (χ3v) is 7.11. The summed E-state index contributed by atoms with van der Waals surface area (Å²) in [5, 5.41) is 9.94. The van der Waals surface area contributed by atoms with Crippen molar-refractivity contribution >= 4 is 39.3 Å². The first-order chi connectivity index (χ1) is 14.1. The molecule has 152 valence electrons. The lowest BCUT2D eigenvalue weighted by Gasteiger charge is -2.31. The molecule has 0 saturated carbocycles. The number of thioether (sulfide) groups is 1.